The van der Waals surface area contributed by atoms with Crippen LogP contribution in [0.1, 0.15) is 44.5 Å². The summed E-state index contributed by atoms with van der Waals surface area (Å²) >= 11 is 0. The van der Waals surface area contributed by atoms with E-state index >= 15 is 0 Å². The zero-order chi connectivity index (χ0) is 18.4. The molecular formula is C17H22BF2NO4. The van der Waals surface area contributed by atoms with Crippen molar-refractivity contribution in [3.05, 3.63) is 29.3 Å². The van der Waals surface area contributed by atoms with Crippen LogP contribution in [0.15, 0.2) is 12.1 Å². The van der Waals surface area contributed by atoms with Gasteiger partial charge in [-0.15, -0.1) is 0 Å². The minimum atomic E-state index is -1.03. The topological polar surface area (TPSA) is 56.8 Å². The Morgan fingerprint density at radius 3 is 2.36 bits per heavy atom. The second kappa shape index (κ2) is 6.34. The fraction of sp³-hybridized carbons (Fsp3) is 0.588. The van der Waals surface area contributed by atoms with Gasteiger partial charge in [-0.05, 0) is 46.2 Å². The molecule has 2 fully saturated rings. The first-order chi connectivity index (χ1) is 11.6. The average Bonchev–Trinajstić information content (AvgIpc) is 3.07. The molecule has 3 rings (SSSR count). The van der Waals surface area contributed by atoms with Crippen molar-refractivity contribution in [3.8, 4) is 0 Å². The van der Waals surface area contributed by atoms with Crippen molar-refractivity contribution in [2.45, 2.75) is 51.4 Å². The van der Waals surface area contributed by atoms with Crippen molar-refractivity contribution in [1.82, 2.24) is 5.32 Å². The lowest BCUT2D eigenvalue weighted by Gasteiger charge is -2.32. The van der Waals surface area contributed by atoms with Crippen LogP contribution in [-0.4, -0.2) is 43.5 Å². The molecule has 136 valence electrons. The van der Waals surface area contributed by atoms with E-state index in [0.29, 0.717) is 19.6 Å². The largest absolute Gasteiger partial charge is 0.497 e. The van der Waals surface area contributed by atoms with Crippen LogP contribution >= 0.6 is 0 Å². The zero-order valence-electron chi connectivity index (χ0n) is 14.8. The number of carbonyl (C=O) groups excluding carboxylic acids is 1. The highest BCUT2D eigenvalue weighted by Gasteiger charge is 2.52. The second-order valence-electron chi connectivity index (χ2n) is 7.48. The molecule has 1 aromatic carbocycles. The lowest BCUT2D eigenvalue weighted by Crippen LogP contribution is -2.41. The Kier molecular flexibility index (Phi) is 4.64. The Morgan fingerprint density at radius 2 is 1.80 bits per heavy atom. The molecule has 0 aliphatic carbocycles. The van der Waals surface area contributed by atoms with E-state index in [1.807, 2.05) is 27.7 Å². The molecule has 0 spiro atoms. The maximum atomic E-state index is 14.5. The van der Waals surface area contributed by atoms with Gasteiger partial charge in [0.2, 0.25) is 0 Å². The number of ether oxygens (including phenoxy) is 1. The van der Waals surface area contributed by atoms with Crippen LogP contribution < -0.4 is 10.8 Å². The zero-order valence-corrected chi connectivity index (χ0v) is 14.8. The van der Waals surface area contributed by atoms with Crippen molar-refractivity contribution in [3.63, 3.8) is 0 Å². The molecule has 0 saturated carbocycles. The van der Waals surface area contributed by atoms with Gasteiger partial charge in [0.15, 0.2) is 0 Å². The summed E-state index contributed by atoms with van der Waals surface area (Å²) in [4.78, 5) is 12.2. The minimum Gasteiger partial charge on any atom is -0.399 e. The second-order valence-corrected chi connectivity index (χ2v) is 7.48. The molecule has 1 unspecified atom stereocenters. The van der Waals surface area contributed by atoms with E-state index in [-0.39, 0.29) is 17.1 Å². The summed E-state index contributed by atoms with van der Waals surface area (Å²) in [6.07, 6.45) is 0.655. The third kappa shape index (κ3) is 3.43. The quantitative estimate of drug-likeness (QED) is 0.842. The SMILES string of the molecule is CC1(C)OB(c2cc(F)c(C(=O)NC3CCOC3)cc2F)OC1(C)C. The summed E-state index contributed by atoms with van der Waals surface area (Å²) in [5, 5.41) is 2.65. The van der Waals surface area contributed by atoms with Gasteiger partial charge in [0, 0.05) is 12.1 Å². The third-order valence-corrected chi connectivity index (χ3v) is 5.10. The first-order valence-electron chi connectivity index (χ1n) is 8.34. The predicted molar refractivity (Wildman–Crippen MR) is 88.8 cm³/mol. The molecule has 25 heavy (non-hydrogen) atoms. The summed E-state index contributed by atoms with van der Waals surface area (Å²) in [6, 6.07) is 1.68. The Labute approximate surface area is 146 Å². The lowest BCUT2D eigenvalue weighted by atomic mass is 9.78. The monoisotopic (exact) mass is 353 g/mol. The van der Waals surface area contributed by atoms with Gasteiger partial charge in [0.25, 0.3) is 5.91 Å². The van der Waals surface area contributed by atoms with Gasteiger partial charge < -0.3 is 19.4 Å². The van der Waals surface area contributed by atoms with E-state index in [1.54, 1.807) is 0 Å². The van der Waals surface area contributed by atoms with Gasteiger partial charge in [0.05, 0.1) is 29.4 Å². The van der Waals surface area contributed by atoms with E-state index in [2.05, 4.69) is 5.32 Å². The first kappa shape index (κ1) is 18.3. The number of amides is 1. The molecule has 0 radical (unpaired) electrons. The summed E-state index contributed by atoms with van der Waals surface area (Å²) in [7, 11) is -1.03. The summed E-state index contributed by atoms with van der Waals surface area (Å²) in [5.41, 5.74) is -1.74. The Hall–Kier alpha value is -1.51. The number of rotatable bonds is 3. The molecule has 8 heteroatoms. The molecule has 1 amide bonds. The van der Waals surface area contributed by atoms with E-state index in [9.17, 15) is 13.6 Å². The van der Waals surface area contributed by atoms with Crippen LogP contribution in [0.2, 0.25) is 0 Å². The van der Waals surface area contributed by atoms with Crippen LogP contribution in [0.5, 0.6) is 0 Å². The number of hydrogen-bond acceptors (Lipinski definition) is 4. The van der Waals surface area contributed by atoms with E-state index < -0.39 is 35.9 Å². The fourth-order valence-corrected chi connectivity index (χ4v) is 2.80. The summed E-state index contributed by atoms with van der Waals surface area (Å²) in [5.74, 6) is -2.22. The van der Waals surface area contributed by atoms with E-state index in [0.717, 1.165) is 12.1 Å². The predicted octanol–water partition coefficient (Wildman–Crippen LogP) is 1.78. The number of nitrogens with one attached hydrogen (secondary N) is 1. The van der Waals surface area contributed by atoms with E-state index in [4.69, 9.17) is 14.0 Å². The van der Waals surface area contributed by atoms with E-state index in [1.165, 1.54) is 0 Å². The smallest absolute Gasteiger partial charge is 0.399 e. The molecule has 1 aromatic rings. The molecule has 1 N–H and O–H groups in total. The van der Waals surface area contributed by atoms with Gasteiger partial charge in [-0.1, -0.05) is 0 Å². The molecule has 2 heterocycles. The molecule has 2 aliphatic heterocycles. The summed E-state index contributed by atoms with van der Waals surface area (Å²) < 4.78 is 45.6. The average molecular weight is 353 g/mol. The molecule has 1 atom stereocenters. The van der Waals surface area contributed by atoms with Crippen molar-refractivity contribution in [1.29, 1.82) is 0 Å². The molecule has 0 bridgehead atoms. The normalized spacial score (nSPS) is 24.6. The highest BCUT2D eigenvalue weighted by atomic mass is 19.1. The van der Waals surface area contributed by atoms with Gasteiger partial charge in [0.1, 0.15) is 11.6 Å². The number of benzene rings is 1. The molecule has 5 nitrogen and oxygen atoms in total. The molecular weight excluding hydrogens is 331 g/mol. The molecule has 0 aromatic heterocycles. The number of halogens is 2. The standard InChI is InChI=1S/C17H22BF2NO4/c1-16(2)17(3,4)25-18(24-16)12-8-13(19)11(7-14(12)20)15(22)21-10-5-6-23-9-10/h7-8,10H,5-6,9H2,1-4H3,(H,21,22). The van der Waals surface area contributed by atoms with Crippen LogP contribution in [0.4, 0.5) is 8.78 Å². The van der Waals surface area contributed by atoms with Crippen LogP contribution in [0.25, 0.3) is 0 Å². The minimum absolute atomic E-state index is 0.0584. The van der Waals surface area contributed by atoms with Crippen LogP contribution in [0.3, 0.4) is 0 Å². The van der Waals surface area contributed by atoms with Gasteiger partial charge in [-0.3, -0.25) is 4.79 Å². The van der Waals surface area contributed by atoms with Gasteiger partial charge in [-0.2, -0.15) is 0 Å². The van der Waals surface area contributed by atoms with Crippen molar-refractivity contribution in [2.75, 3.05) is 13.2 Å². The van der Waals surface area contributed by atoms with Crippen molar-refractivity contribution < 1.29 is 27.6 Å². The Balaban J connectivity index is 1.82. The highest BCUT2D eigenvalue weighted by Crippen LogP contribution is 2.36. The van der Waals surface area contributed by atoms with Crippen molar-refractivity contribution >= 4 is 18.5 Å². The highest BCUT2D eigenvalue weighted by molar-refractivity contribution is 6.62. The van der Waals surface area contributed by atoms with Gasteiger partial charge >= 0.3 is 7.12 Å². The maximum Gasteiger partial charge on any atom is 0.497 e. The number of carbonyl (C=O) groups is 1. The van der Waals surface area contributed by atoms with Crippen molar-refractivity contribution in [2.24, 2.45) is 0 Å². The Bertz CT molecular complexity index is 673. The maximum absolute atomic E-state index is 14.5. The Morgan fingerprint density at radius 1 is 1.16 bits per heavy atom. The third-order valence-electron chi connectivity index (χ3n) is 5.10. The fourth-order valence-electron chi connectivity index (χ4n) is 2.80. The molecule has 2 aliphatic rings. The van der Waals surface area contributed by atoms with Gasteiger partial charge in [-0.25, -0.2) is 8.78 Å². The molecule has 2 saturated heterocycles. The summed E-state index contributed by atoms with van der Waals surface area (Å²) in [6.45, 7) is 8.23. The number of hydrogen-bond donors (Lipinski definition) is 1. The van der Waals surface area contributed by atoms with Crippen LogP contribution in [0, 0.1) is 11.6 Å². The first-order valence-corrected chi connectivity index (χ1v) is 8.34. The van der Waals surface area contributed by atoms with Crippen LogP contribution in [-0.2, 0) is 14.0 Å². The lowest BCUT2D eigenvalue weighted by molar-refractivity contribution is 0.00578.